The van der Waals surface area contributed by atoms with E-state index in [1.54, 1.807) is 12.2 Å². The van der Waals surface area contributed by atoms with Gasteiger partial charge in [0.25, 0.3) is 10.1 Å². The van der Waals surface area contributed by atoms with Gasteiger partial charge in [-0.3, -0.25) is 4.55 Å². The number of halogens is 2. The monoisotopic (exact) mass is 440 g/mol. The zero-order valence-electron chi connectivity index (χ0n) is 7.66. The SMILES string of the molecule is CC1=C(I)C(I)C(C)(S(=O)(=O)O)C=C1. The van der Waals surface area contributed by atoms with E-state index in [9.17, 15) is 8.42 Å². The molecule has 0 saturated heterocycles. The molecule has 1 aliphatic carbocycles. The third kappa shape index (κ3) is 2.03. The van der Waals surface area contributed by atoms with E-state index < -0.39 is 14.9 Å². The minimum absolute atomic E-state index is 0.235. The summed E-state index contributed by atoms with van der Waals surface area (Å²) >= 11 is 4.17. The Kier molecular flexibility index (Phi) is 3.71. The van der Waals surface area contributed by atoms with Crippen LogP contribution in [0.15, 0.2) is 21.3 Å². The van der Waals surface area contributed by atoms with Gasteiger partial charge in [0.2, 0.25) is 0 Å². The Balaban J connectivity index is 3.29. The van der Waals surface area contributed by atoms with Gasteiger partial charge in [0.15, 0.2) is 0 Å². The van der Waals surface area contributed by atoms with Crippen LogP contribution >= 0.6 is 45.2 Å². The number of allylic oxidation sites excluding steroid dienone is 3. The first-order chi connectivity index (χ1) is 6.20. The van der Waals surface area contributed by atoms with Gasteiger partial charge in [0.1, 0.15) is 4.75 Å². The minimum Gasteiger partial charge on any atom is -0.285 e. The maximum atomic E-state index is 11.2. The molecular weight excluding hydrogens is 430 g/mol. The molecule has 1 aliphatic rings. The average molecular weight is 440 g/mol. The molecule has 14 heavy (non-hydrogen) atoms. The molecule has 0 bridgehead atoms. The topological polar surface area (TPSA) is 54.4 Å². The lowest BCUT2D eigenvalue weighted by molar-refractivity contribution is 0.455. The minimum atomic E-state index is -4.06. The highest BCUT2D eigenvalue weighted by molar-refractivity contribution is 14.1. The van der Waals surface area contributed by atoms with Crippen LogP contribution in [0.5, 0.6) is 0 Å². The molecule has 0 aromatic heterocycles. The van der Waals surface area contributed by atoms with Gasteiger partial charge >= 0.3 is 0 Å². The number of hydrogen-bond donors (Lipinski definition) is 1. The summed E-state index contributed by atoms with van der Waals surface area (Å²) < 4.78 is 31.2. The van der Waals surface area contributed by atoms with Crippen LogP contribution in [0.3, 0.4) is 0 Å². The predicted molar refractivity (Wildman–Crippen MR) is 73.6 cm³/mol. The van der Waals surface area contributed by atoms with Crippen molar-refractivity contribution in [3.05, 3.63) is 21.3 Å². The van der Waals surface area contributed by atoms with Crippen molar-refractivity contribution in [2.24, 2.45) is 0 Å². The highest BCUT2D eigenvalue weighted by Gasteiger charge is 2.45. The Morgan fingerprint density at radius 3 is 2.50 bits per heavy atom. The Morgan fingerprint density at radius 2 is 2.07 bits per heavy atom. The fourth-order valence-corrected chi connectivity index (χ4v) is 4.44. The van der Waals surface area contributed by atoms with E-state index in [0.717, 1.165) is 9.15 Å². The van der Waals surface area contributed by atoms with Gasteiger partial charge in [-0.2, -0.15) is 8.42 Å². The molecule has 0 aliphatic heterocycles. The molecule has 0 saturated carbocycles. The second-order valence-electron chi connectivity index (χ2n) is 3.39. The standard InChI is InChI=1S/C8H10I2O3S/c1-5-3-4-8(2,14(11,12)13)7(10)6(5)9/h3-4,7H,1-2H3,(H,11,12,13). The first-order valence-corrected chi connectivity index (χ1v) is 7.63. The summed E-state index contributed by atoms with van der Waals surface area (Å²) in [6.45, 7) is 3.45. The van der Waals surface area contributed by atoms with Crippen LogP contribution < -0.4 is 0 Å². The van der Waals surface area contributed by atoms with E-state index in [1.165, 1.54) is 6.92 Å². The Morgan fingerprint density at radius 1 is 1.57 bits per heavy atom. The van der Waals surface area contributed by atoms with Gasteiger partial charge in [-0.25, -0.2) is 0 Å². The number of alkyl halides is 1. The van der Waals surface area contributed by atoms with E-state index in [0.29, 0.717) is 0 Å². The summed E-state index contributed by atoms with van der Waals surface area (Å²) in [5.41, 5.74) is 1.05. The zero-order valence-corrected chi connectivity index (χ0v) is 12.8. The van der Waals surface area contributed by atoms with Crippen LogP contribution in [-0.2, 0) is 10.1 Å². The molecule has 0 fully saturated rings. The second-order valence-corrected chi connectivity index (χ2v) is 7.62. The molecule has 0 heterocycles. The molecule has 0 aromatic rings. The molecule has 2 atom stereocenters. The largest absolute Gasteiger partial charge is 0.285 e. The molecule has 1 N–H and O–H groups in total. The van der Waals surface area contributed by atoms with Crippen molar-refractivity contribution >= 4 is 55.3 Å². The van der Waals surface area contributed by atoms with Crippen molar-refractivity contribution in [3.63, 3.8) is 0 Å². The molecule has 1 rings (SSSR count). The van der Waals surface area contributed by atoms with Crippen LogP contribution in [0.2, 0.25) is 0 Å². The van der Waals surface area contributed by atoms with Crippen molar-refractivity contribution in [2.45, 2.75) is 22.5 Å². The van der Waals surface area contributed by atoms with Gasteiger partial charge < -0.3 is 0 Å². The predicted octanol–water partition coefficient (Wildman–Crippen LogP) is 2.72. The fourth-order valence-electron chi connectivity index (χ4n) is 1.12. The molecule has 2 unspecified atom stereocenters. The summed E-state index contributed by atoms with van der Waals surface area (Å²) in [7, 11) is -4.06. The van der Waals surface area contributed by atoms with Crippen molar-refractivity contribution in [2.75, 3.05) is 0 Å². The smallest absolute Gasteiger partial charge is 0.275 e. The van der Waals surface area contributed by atoms with Crippen molar-refractivity contribution in [1.29, 1.82) is 0 Å². The van der Waals surface area contributed by atoms with Crippen LogP contribution in [-0.4, -0.2) is 21.6 Å². The first kappa shape index (κ1) is 12.9. The van der Waals surface area contributed by atoms with Crippen LogP contribution in [0.4, 0.5) is 0 Å². The average Bonchev–Trinajstić information content (AvgIpc) is 2.06. The molecular formula is C8H10I2O3S. The molecule has 0 amide bonds. The maximum Gasteiger partial charge on any atom is 0.275 e. The van der Waals surface area contributed by atoms with E-state index in [2.05, 4.69) is 22.6 Å². The van der Waals surface area contributed by atoms with Crippen molar-refractivity contribution in [3.8, 4) is 0 Å². The summed E-state index contributed by atoms with van der Waals surface area (Å²) in [5, 5.41) is 0. The van der Waals surface area contributed by atoms with Gasteiger partial charge in [0.05, 0.1) is 3.92 Å². The Labute approximate surface area is 111 Å². The molecule has 6 heteroatoms. The summed E-state index contributed by atoms with van der Waals surface area (Å²) in [4.78, 5) is 0. The molecule has 80 valence electrons. The molecule has 0 spiro atoms. The molecule has 3 nitrogen and oxygen atoms in total. The van der Waals surface area contributed by atoms with Crippen molar-refractivity contribution in [1.82, 2.24) is 0 Å². The zero-order chi connectivity index (χ0) is 11.1. The summed E-state index contributed by atoms with van der Waals surface area (Å²) in [6, 6.07) is 0. The third-order valence-corrected chi connectivity index (χ3v) is 8.81. The highest BCUT2D eigenvalue weighted by atomic mass is 127. The number of rotatable bonds is 1. The third-order valence-electron chi connectivity index (χ3n) is 2.32. The first-order valence-electron chi connectivity index (χ1n) is 3.87. The molecule has 0 aromatic carbocycles. The maximum absolute atomic E-state index is 11.2. The lowest BCUT2D eigenvalue weighted by Gasteiger charge is -2.31. The van der Waals surface area contributed by atoms with Gasteiger partial charge in [-0.05, 0) is 42.0 Å². The lowest BCUT2D eigenvalue weighted by Crippen LogP contribution is -2.43. The van der Waals surface area contributed by atoms with Crippen LogP contribution in [0, 0.1) is 0 Å². The van der Waals surface area contributed by atoms with E-state index in [1.807, 2.05) is 29.5 Å². The number of hydrogen-bond acceptors (Lipinski definition) is 2. The van der Waals surface area contributed by atoms with E-state index in [4.69, 9.17) is 4.55 Å². The van der Waals surface area contributed by atoms with Gasteiger partial charge in [-0.1, -0.05) is 34.7 Å². The van der Waals surface area contributed by atoms with Crippen LogP contribution in [0.1, 0.15) is 13.8 Å². The molecule has 0 radical (unpaired) electrons. The Bertz CT molecular complexity index is 410. The quantitative estimate of drug-likeness (QED) is 0.388. The highest BCUT2D eigenvalue weighted by Crippen LogP contribution is 2.41. The van der Waals surface area contributed by atoms with Gasteiger partial charge in [0, 0.05) is 3.58 Å². The fraction of sp³-hybridized carbons (Fsp3) is 0.500. The van der Waals surface area contributed by atoms with E-state index in [-0.39, 0.29) is 3.92 Å². The van der Waals surface area contributed by atoms with Gasteiger partial charge in [-0.15, -0.1) is 0 Å². The van der Waals surface area contributed by atoms with E-state index >= 15 is 0 Å². The Hall–Kier alpha value is 0.850. The summed E-state index contributed by atoms with van der Waals surface area (Å²) in [6.07, 6.45) is 3.29. The van der Waals surface area contributed by atoms with Crippen molar-refractivity contribution < 1.29 is 13.0 Å². The summed E-state index contributed by atoms with van der Waals surface area (Å²) in [5.74, 6) is 0. The second kappa shape index (κ2) is 4.02. The van der Waals surface area contributed by atoms with Crippen LogP contribution in [0.25, 0.3) is 0 Å². The lowest BCUT2D eigenvalue weighted by atomic mass is 9.98. The normalized spacial score (nSPS) is 33.6.